The number of nitrogens with zero attached hydrogens (tertiary/aromatic N) is 3. The molecular weight excluding hydrogens is 489 g/mol. The molecule has 0 aliphatic carbocycles. The highest BCUT2D eigenvalue weighted by atomic mass is 127. The SMILES string of the molecule is CCNC(=NCC(C)Oc1ccc(Cl)cc1)NCCN1CCN(CC)CC1.I. The molecule has 2 rings (SSSR count). The van der Waals surface area contributed by atoms with E-state index in [0.29, 0.717) is 11.6 Å². The molecule has 1 aliphatic rings. The molecule has 2 N–H and O–H groups in total. The summed E-state index contributed by atoms with van der Waals surface area (Å²) in [5.74, 6) is 1.66. The normalized spacial score (nSPS) is 16.9. The van der Waals surface area contributed by atoms with Gasteiger partial charge in [0, 0.05) is 50.8 Å². The zero-order chi connectivity index (χ0) is 19.5. The van der Waals surface area contributed by atoms with Crippen LogP contribution in [0.5, 0.6) is 5.75 Å². The van der Waals surface area contributed by atoms with Gasteiger partial charge >= 0.3 is 0 Å². The maximum Gasteiger partial charge on any atom is 0.191 e. The van der Waals surface area contributed by atoms with Crippen molar-refractivity contribution in [2.45, 2.75) is 26.9 Å². The first-order valence-corrected chi connectivity index (χ1v) is 10.4. The van der Waals surface area contributed by atoms with Crippen LogP contribution in [0.2, 0.25) is 5.02 Å². The van der Waals surface area contributed by atoms with Gasteiger partial charge in [-0.3, -0.25) is 4.90 Å². The first-order chi connectivity index (χ1) is 13.1. The van der Waals surface area contributed by atoms with Crippen LogP contribution in [0.4, 0.5) is 0 Å². The second-order valence-corrected chi connectivity index (χ2v) is 7.24. The van der Waals surface area contributed by atoms with Gasteiger partial charge in [0.2, 0.25) is 0 Å². The molecule has 0 radical (unpaired) electrons. The predicted molar refractivity (Wildman–Crippen MR) is 129 cm³/mol. The third-order valence-electron chi connectivity index (χ3n) is 4.63. The number of nitrogens with one attached hydrogen (secondary N) is 2. The number of likely N-dealkylation sites (N-methyl/N-ethyl adjacent to an activating group) is 1. The van der Waals surface area contributed by atoms with Gasteiger partial charge in [-0.1, -0.05) is 18.5 Å². The van der Waals surface area contributed by atoms with Crippen LogP contribution in [-0.4, -0.2) is 80.8 Å². The molecule has 28 heavy (non-hydrogen) atoms. The molecule has 1 saturated heterocycles. The molecule has 0 saturated carbocycles. The van der Waals surface area contributed by atoms with Crippen molar-refractivity contribution in [2.24, 2.45) is 4.99 Å². The molecule has 160 valence electrons. The van der Waals surface area contributed by atoms with Gasteiger partial charge in [0.05, 0.1) is 6.54 Å². The van der Waals surface area contributed by atoms with E-state index in [0.717, 1.165) is 51.0 Å². The lowest BCUT2D eigenvalue weighted by molar-refractivity contribution is 0.139. The smallest absolute Gasteiger partial charge is 0.191 e. The Kier molecular flexibility index (Phi) is 12.9. The summed E-state index contributed by atoms with van der Waals surface area (Å²) in [6.07, 6.45) is -0.0104. The van der Waals surface area contributed by atoms with Crippen LogP contribution < -0.4 is 15.4 Å². The lowest BCUT2D eigenvalue weighted by Gasteiger charge is -2.34. The van der Waals surface area contributed by atoms with Crippen molar-refractivity contribution in [3.63, 3.8) is 0 Å². The van der Waals surface area contributed by atoms with E-state index < -0.39 is 0 Å². The number of hydrogen-bond acceptors (Lipinski definition) is 4. The van der Waals surface area contributed by atoms with Crippen LogP contribution in [0.25, 0.3) is 0 Å². The van der Waals surface area contributed by atoms with E-state index in [1.54, 1.807) is 0 Å². The Hall–Kier alpha value is -0.770. The summed E-state index contributed by atoms with van der Waals surface area (Å²) >= 11 is 5.91. The molecule has 1 aromatic carbocycles. The van der Waals surface area contributed by atoms with Crippen molar-refractivity contribution in [1.82, 2.24) is 20.4 Å². The summed E-state index contributed by atoms with van der Waals surface area (Å²) < 4.78 is 5.88. The van der Waals surface area contributed by atoms with Gasteiger partial charge in [-0.2, -0.15) is 0 Å². The molecular formula is C20H35ClIN5O. The number of benzene rings is 1. The summed E-state index contributed by atoms with van der Waals surface area (Å²) in [7, 11) is 0. The molecule has 0 amide bonds. The summed E-state index contributed by atoms with van der Waals surface area (Å²) in [4.78, 5) is 9.66. The second kappa shape index (κ2) is 14.3. The molecule has 8 heteroatoms. The maximum atomic E-state index is 5.91. The Balaban J connectivity index is 0.00000392. The second-order valence-electron chi connectivity index (χ2n) is 6.80. The number of piperazine rings is 1. The number of aliphatic imine (C=N–C) groups is 1. The minimum absolute atomic E-state index is 0. The third kappa shape index (κ3) is 9.62. The van der Waals surface area contributed by atoms with Crippen molar-refractivity contribution in [2.75, 3.05) is 58.9 Å². The van der Waals surface area contributed by atoms with Gasteiger partial charge in [-0.25, -0.2) is 4.99 Å². The fourth-order valence-electron chi connectivity index (χ4n) is 3.01. The summed E-state index contributed by atoms with van der Waals surface area (Å²) in [5.41, 5.74) is 0. The van der Waals surface area contributed by atoms with Gasteiger partial charge in [0.15, 0.2) is 5.96 Å². The Morgan fingerprint density at radius 1 is 1.11 bits per heavy atom. The molecule has 1 unspecified atom stereocenters. The Labute approximate surface area is 192 Å². The van der Waals surface area contributed by atoms with Crippen LogP contribution in [0.15, 0.2) is 29.3 Å². The van der Waals surface area contributed by atoms with E-state index in [4.69, 9.17) is 16.3 Å². The molecule has 1 atom stereocenters. The van der Waals surface area contributed by atoms with Gasteiger partial charge < -0.3 is 20.3 Å². The lowest BCUT2D eigenvalue weighted by Crippen LogP contribution is -2.49. The molecule has 1 aromatic rings. The molecule has 1 heterocycles. The highest BCUT2D eigenvalue weighted by molar-refractivity contribution is 14.0. The Morgan fingerprint density at radius 2 is 1.75 bits per heavy atom. The first kappa shape index (κ1) is 25.3. The highest BCUT2D eigenvalue weighted by Gasteiger charge is 2.14. The van der Waals surface area contributed by atoms with Crippen LogP contribution in [-0.2, 0) is 0 Å². The van der Waals surface area contributed by atoms with Crippen molar-refractivity contribution in [3.05, 3.63) is 29.3 Å². The van der Waals surface area contributed by atoms with Gasteiger partial charge in [0.1, 0.15) is 11.9 Å². The minimum Gasteiger partial charge on any atom is -0.489 e. The number of halogens is 2. The van der Waals surface area contributed by atoms with E-state index in [-0.39, 0.29) is 30.1 Å². The Morgan fingerprint density at radius 3 is 2.36 bits per heavy atom. The van der Waals surface area contributed by atoms with Crippen molar-refractivity contribution >= 4 is 41.5 Å². The van der Waals surface area contributed by atoms with E-state index in [1.807, 2.05) is 31.2 Å². The number of ether oxygens (including phenoxy) is 1. The third-order valence-corrected chi connectivity index (χ3v) is 4.89. The average Bonchev–Trinajstić information content (AvgIpc) is 2.68. The van der Waals surface area contributed by atoms with Gasteiger partial charge in [0.25, 0.3) is 0 Å². The van der Waals surface area contributed by atoms with Crippen molar-refractivity contribution < 1.29 is 4.74 Å². The van der Waals surface area contributed by atoms with Crippen LogP contribution in [0.3, 0.4) is 0 Å². The van der Waals surface area contributed by atoms with Crippen LogP contribution >= 0.6 is 35.6 Å². The summed E-state index contributed by atoms with van der Waals surface area (Å²) in [6.45, 7) is 15.5. The van der Waals surface area contributed by atoms with Crippen molar-refractivity contribution in [3.8, 4) is 5.75 Å². The average molecular weight is 524 g/mol. The van der Waals surface area contributed by atoms with Gasteiger partial charge in [-0.15, -0.1) is 24.0 Å². The van der Waals surface area contributed by atoms with E-state index in [2.05, 4.69) is 39.3 Å². The topological polar surface area (TPSA) is 52.1 Å². The molecule has 1 aliphatic heterocycles. The van der Waals surface area contributed by atoms with Crippen LogP contribution in [0.1, 0.15) is 20.8 Å². The minimum atomic E-state index is -0.0104. The van der Waals surface area contributed by atoms with Crippen LogP contribution in [0, 0.1) is 0 Å². The standard InChI is InChI=1S/C20H34ClN5O.HI/c1-4-22-20(23-10-11-26-14-12-25(5-2)13-15-26)24-16-17(3)27-19-8-6-18(21)7-9-19;/h6-9,17H,4-5,10-16H2,1-3H3,(H2,22,23,24);1H. The fourth-order valence-corrected chi connectivity index (χ4v) is 3.13. The lowest BCUT2D eigenvalue weighted by atomic mass is 10.3. The fraction of sp³-hybridized carbons (Fsp3) is 0.650. The van der Waals surface area contributed by atoms with Crippen molar-refractivity contribution in [1.29, 1.82) is 0 Å². The predicted octanol–water partition coefficient (Wildman–Crippen LogP) is 2.92. The molecule has 0 spiro atoms. The number of rotatable bonds is 9. The number of hydrogen-bond donors (Lipinski definition) is 2. The van der Waals surface area contributed by atoms with E-state index in [1.165, 1.54) is 13.1 Å². The summed E-state index contributed by atoms with van der Waals surface area (Å²) in [6, 6.07) is 7.42. The van der Waals surface area contributed by atoms with Gasteiger partial charge in [-0.05, 0) is 44.7 Å². The highest BCUT2D eigenvalue weighted by Crippen LogP contribution is 2.16. The molecule has 0 bridgehead atoms. The maximum absolute atomic E-state index is 5.91. The molecule has 1 fully saturated rings. The zero-order valence-electron chi connectivity index (χ0n) is 17.3. The zero-order valence-corrected chi connectivity index (χ0v) is 20.4. The number of guanidine groups is 1. The molecule has 6 nitrogen and oxygen atoms in total. The van der Waals surface area contributed by atoms with E-state index in [9.17, 15) is 0 Å². The Bertz CT molecular complexity index is 564. The first-order valence-electron chi connectivity index (χ1n) is 9.99. The largest absolute Gasteiger partial charge is 0.489 e. The quantitative estimate of drug-likeness (QED) is 0.296. The summed E-state index contributed by atoms with van der Waals surface area (Å²) in [5, 5.41) is 7.44. The monoisotopic (exact) mass is 523 g/mol. The van der Waals surface area contributed by atoms with E-state index >= 15 is 0 Å². The molecule has 0 aromatic heterocycles.